The van der Waals surface area contributed by atoms with Crippen molar-refractivity contribution in [3.05, 3.63) is 52.9 Å². The molecule has 0 saturated heterocycles. The van der Waals surface area contributed by atoms with E-state index in [2.05, 4.69) is 0 Å². The fraction of sp³-hybridized carbons (Fsp3) is 0.250. The summed E-state index contributed by atoms with van der Waals surface area (Å²) in [4.78, 5) is 23.8. The number of esters is 1. The highest BCUT2D eigenvalue weighted by atomic mass is 32.1. The maximum absolute atomic E-state index is 12.1. The molecule has 0 radical (unpaired) electrons. The fourth-order valence-electron chi connectivity index (χ4n) is 1.83. The Balaban J connectivity index is 2.14. The van der Waals surface area contributed by atoms with Gasteiger partial charge in [0.1, 0.15) is 0 Å². The zero-order valence-corrected chi connectivity index (χ0v) is 12.3. The predicted molar refractivity (Wildman–Crippen MR) is 79.4 cm³/mol. The van der Waals surface area contributed by atoms with Crippen LogP contribution in [0.3, 0.4) is 0 Å². The van der Waals surface area contributed by atoms with Crippen LogP contribution in [0.2, 0.25) is 0 Å². The smallest absolute Gasteiger partial charge is 0.319 e. The summed E-state index contributed by atoms with van der Waals surface area (Å²) in [6.45, 7) is 3.61. The third-order valence-corrected chi connectivity index (χ3v) is 3.82. The number of rotatable bonds is 5. The number of thiophene rings is 1. The lowest BCUT2D eigenvalue weighted by Gasteiger charge is -2.11. The molecule has 1 aromatic carbocycles. The highest BCUT2D eigenvalue weighted by molar-refractivity contribution is 7.11. The van der Waals surface area contributed by atoms with Gasteiger partial charge in [0.2, 0.25) is 0 Å². The summed E-state index contributed by atoms with van der Waals surface area (Å²) in [6.07, 6.45) is 0.456. The van der Waals surface area contributed by atoms with Crippen molar-refractivity contribution < 1.29 is 14.3 Å². The van der Waals surface area contributed by atoms with E-state index in [1.807, 2.05) is 24.4 Å². The Hall–Kier alpha value is -1.94. The van der Waals surface area contributed by atoms with Crippen molar-refractivity contribution >= 4 is 23.1 Å². The lowest BCUT2D eigenvalue weighted by atomic mass is 9.97. The molecule has 104 valence electrons. The van der Waals surface area contributed by atoms with Crippen LogP contribution in [0, 0.1) is 0 Å². The molecular formula is C16H16O3S. The van der Waals surface area contributed by atoms with Crippen LogP contribution in [-0.2, 0) is 4.79 Å². The van der Waals surface area contributed by atoms with Crippen LogP contribution in [0.4, 0.5) is 0 Å². The second-order valence-electron chi connectivity index (χ2n) is 4.48. The van der Waals surface area contributed by atoms with Crippen LogP contribution in [0.25, 0.3) is 0 Å². The SMILES string of the molecule is CCC(=O)c1cccc(C(C)C(=O)Oc2cccs2)c1. The Bertz CT molecular complexity index is 602. The Morgan fingerprint density at radius 2 is 2.05 bits per heavy atom. The normalized spacial score (nSPS) is 11.9. The predicted octanol–water partition coefficient (Wildman–Crippen LogP) is 4.05. The highest BCUT2D eigenvalue weighted by Crippen LogP contribution is 2.23. The van der Waals surface area contributed by atoms with Gasteiger partial charge in [-0.3, -0.25) is 9.59 Å². The fourth-order valence-corrected chi connectivity index (χ4v) is 2.41. The highest BCUT2D eigenvalue weighted by Gasteiger charge is 2.19. The minimum absolute atomic E-state index is 0.0747. The minimum atomic E-state index is -0.401. The summed E-state index contributed by atoms with van der Waals surface area (Å²) in [5.41, 5.74) is 1.44. The number of carbonyl (C=O) groups excluding carboxylic acids is 2. The van der Waals surface area contributed by atoms with Gasteiger partial charge in [0.05, 0.1) is 5.92 Å². The van der Waals surface area contributed by atoms with E-state index < -0.39 is 5.92 Å². The van der Waals surface area contributed by atoms with Crippen LogP contribution < -0.4 is 4.74 Å². The zero-order chi connectivity index (χ0) is 14.5. The summed E-state index contributed by atoms with van der Waals surface area (Å²) in [5.74, 6) is -0.638. The van der Waals surface area contributed by atoms with Gasteiger partial charge in [0.15, 0.2) is 10.8 Å². The minimum Gasteiger partial charge on any atom is -0.415 e. The van der Waals surface area contributed by atoms with E-state index in [0.717, 1.165) is 5.56 Å². The Labute approximate surface area is 122 Å². The molecule has 0 fully saturated rings. The molecule has 1 unspecified atom stereocenters. The Morgan fingerprint density at radius 3 is 2.70 bits per heavy atom. The lowest BCUT2D eigenvalue weighted by Crippen LogP contribution is -2.16. The number of ether oxygens (including phenoxy) is 1. The van der Waals surface area contributed by atoms with E-state index in [4.69, 9.17) is 4.74 Å². The van der Waals surface area contributed by atoms with E-state index in [1.165, 1.54) is 11.3 Å². The Morgan fingerprint density at radius 1 is 1.25 bits per heavy atom. The number of ketones is 1. The number of benzene rings is 1. The molecule has 2 rings (SSSR count). The number of hydrogen-bond donors (Lipinski definition) is 0. The van der Waals surface area contributed by atoms with Crippen molar-refractivity contribution in [2.75, 3.05) is 0 Å². The van der Waals surface area contributed by atoms with Crippen LogP contribution in [0.15, 0.2) is 41.8 Å². The van der Waals surface area contributed by atoms with Gasteiger partial charge in [0, 0.05) is 12.0 Å². The summed E-state index contributed by atoms with van der Waals surface area (Å²) in [7, 11) is 0. The van der Waals surface area contributed by atoms with E-state index in [9.17, 15) is 9.59 Å². The van der Waals surface area contributed by atoms with Crippen molar-refractivity contribution in [1.82, 2.24) is 0 Å². The molecule has 4 heteroatoms. The third-order valence-electron chi connectivity index (χ3n) is 3.08. The van der Waals surface area contributed by atoms with Crippen molar-refractivity contribution in [1.29, 1.82) is 0 Å². The van der Waals surface area contributed by atoms with Gasteiger partial charge >= 0.3 is 5.97 Å². The van der Waals surface area contributed by atoms with Gasteiger partial charge in [-0.05, 0) is 36.1 Å². The van der Waals surface area contributed by atoms with Crippen molar-refractivity contribution in [2.24, 2.45) is 0 Å². The monoisotopic (exact) mass is 288 g/mol. The number of hydrogen-bond acceptors (Lipinski definition) is 4. The van der Waals surface area contributed by atoms with Crippen molar-refractivity contribution in [3.8, 4) is 5.06 Å². The van der Waals surface area contributed by atoms with Gasteiger partial charge < -0.3 is 4.74 Å². The van der Waals surface area contributed by atoms with Gasteiger partial charge in [-0.1, -0.05) is 25.1 Å². The molecule has 0 saturated carbocycles. The second kappa shape index (κ2) is 6.48. The third kappa shape index (κ3) is 3.33. The molecule has 2 aromatic rings. The molecule has 0 amide bonds. The molecule has 1 heterocycles. The van der Waals surface area contributed by atoms with Crippen molar-refractivity contribution in [2.45, 2.75) is 26.2 Å². The molecule has 0 bridgehead atoms. The average Bonchev–Trinajstić information content (AvgIpc) is 2.98. The maximum Gasteiger partial charge on any atom is 0.319 e. The standard InChI is InChI=1S/C16H16O3S/c1-3-14(17)13-7-4-6-12(10-13)11(2)16(18)19-15-8-5-9-20-15/h4-11H,3H2,1-2H3. The van der Waals surface area contributed by atoms with Crippen LogP contribution in [0.5, 0.6) is 5.06 Å². The largest absolute Gasteiger partial charge is 0.415 e. The molecule has 0 aliphatic carbocycles. The van der Waals surface area contributed by atoms with Gasteiger partial charge in [0.25, 0.3) is 0 Å². The van der Waals surface area contributed by atoms with Crippen molar-refractivity contribution in [3.63, 3.8) is 0 Å². The molecular weight excluding hydrogens is 272 g/mol. The summed E-state index contributed by atoms with van der Waals surface area (Å²) < 4.78 is 5.29. The van der Waals surface area contributed by atoms with Crippen LogP contribution in [-0.4, -0.2) is 11.8 Å². The number of carbonyl (C=O) groups is 2. The summed E-state index contributed by atoms with van der Waals surface area (Å²) >= 11 is 1.38. The molecule has 0 N–H and O–H groups in total. The first-order valence-corrected chi connectivity index (χ1v) is 7.38. The second-order valence-corrected chi connectivity index (χ2v) is 5.39. The van der Waals surface area contributed by atoms with Crippen LogP contribution in [0.1, 0.15) is 42.1 Å². The molecule has 0 spiro atoms. The lowest BCUT2D eigenvalue weighted by molar-refractivity contribution is -0.135. The van der Waals surface area contributed by atoms with E-state index >= 15 is 0 Å². The summed E-state index contributed by atoms with van der Waals surface area (Å²) in [5, 5.41) is 2.44. The van der Waals surface area contributed by atoms with E-state index in [0.29, 0.717) is 17.0 Å². The quantitative estimate of drug-likeness (QED) is 0.616. The molecule has 20 heavy (non-hydrogen) atoms. The molecule has 1 aromatic heterocycles. The summed E-state index contributed by atoms with van der Waals surface area (Å²) in [6, 6.07) is 10.8. The first-order chi connectivity index (χ1) is 9.61. The van der Waals surface area contributed by atoms with E-state index in [1.54, 1.807) is 31.2 Å². The first kappa shape index (κ1) is 14.5. The van der Waals surface area contributed by atoms with Crippen LogP contribution >= 0.6 is 11.3 Å². The Kier molecular flexibility index (Phi) is 4.69. The maximum atomic E-state index is 12.1. The zero-order valence-electron chi connectivity index (χ0n) is 11.5. The molecule has 0 aliphatic heterocycles. The van der Waals surface area contributed by atoms with Gasteiger partial charge in [-0.2, -0.15) is 0 Å². The molecule has 1 atom stereocenters. The topological polar surface area (TPSA) is 43.4 Å². The number of Topliss-reactive ketones (excluding diaryl/α,β-unsaturated/α-hetero) is 1. The molecule has 3 nitrogen and oxygen atoms in total. The van der Waals surface area contributed by atoms with Gasteiger partial charge in [-0.25, -0.2) is 0 Å². The van der Waals surface area contributed by atoms with Gasteiger partial charge in [-0.15, -0.1) is 11.3 Å². The average molecular weight is 288 g/mol. The first-order valence-electron chi connectivity index (χ1n) is 6.50. The molecule has 0 aliphatic rings. The van der Waals surface area contributed by atoms with E-state index in [-0.39, 0.29) is 11.8 Å².